The maximum absolute atomic E-state index is 12.9. The number of carbonyl (C=O) groups excluding carboxylic acids is 1. The molecule has 128 valence electrons. The van der Waals surface area contributed by atoms with Crippen LogP contribution in [0.3, 0.4) is 0 Å². The molecule has 3 rings (SSSR count). The van der Waals surface area contributed by atoms with Crippen molar-refractivity contribution in [2.24, 2.45) is 0 Å². The first-order valence-corrected chi connectivity index (χ1v) is 8.75. The Balaban J connectivity index is 0.00000192. The molecular weight excluding hydrogens is 380 g/mol. The fraction of sp³-hybridized carbons (Fsp3) is 0.562. The second-order valence-corrected chi connectivity index (χ2v) is 7.17. The van der Waals surface area contributed by atoms with Crippen LogP contribution in [0, 0.1) is 0 Å². The highest BCUT2D eigenvalue weighted by Crippen LogP contribution is 2.30. The molecule has 5 atom stereocenters. The van der Waals surface area contributed by atoms with Crippen molar-refractivity contribution in [3.05, 3.63) is 35.9 Å². The van der Waals surface area contributed by atoms with Gasteiger partial charge in [-0.05, 0) is 19.4 Å². The van der Waals surface area contributed by atoms with Gasteiger partial charge in [-0.1, -0.05) is 46.3 Å². The van der Waals surface area contributed by atoms with Crippen LogP contribution >= 0.6 is 28.3 Å². The number of hydrogen-bond acceptors (Lipinski definition) is 4. The van der Waals surface area contributed by atoms with Crippen LogP contribution in [-0.2, 0) is 4.79 Å². The van der Waals surface area contributed by atoms with Crippen molar-refractivity contribution in [3.63, 3.8) is 0 Å². The molecule has 7 heteroatoms. The average molecular weight is 404 g/mol. The topological polar surface area (TPSA) is 56.4 Å². The van der Waals surface area contributed by atoms with Crippen LogP contribution in [0.25, 0.3) is 0 Å². The Morgan fingerprint density at radius 1 is 1.22 bits per heavy atom. The molecule has 3 N–H and O–H groups in total. The lowest BCUT2D eigenvalue weighted by atomic mass is 10.00. The normalized spacial score (nSPS) is 34.0. The fourth-order valence-electron chi connectivity index (χ4n) is 3.20. The molecule has 23 heavy (non-hydrogen) atoms. The van der Waals surface area contributed by atoms with Crippen LogP contribution in [0.15, 0.2) is 30.3 Å². The molecule has 1 aromatic rings. The van der Waals surface area contributed by atoms with E-state index in [2.05, 4.69) is 58.1 Å². The lowest BCUT2D eigenvalue weighted by molar-refractivity contribution is -0.136. The largest absolute Gasteiger partial charge is 0.336 e. The second kappa shape index (κ2) is 7.94. The first-order valence-electron chi connectivity index (χ1n) is 7.83. The molecular formula is C16H24BrClN4O. The lowest BCUT2D eigenvalue weighted by Gasteiger charge is -2.40. The summed E-state index contributed by atoms with van der Waals surface area (Å²) in [5.74, 6) is 0.161. The molecule has 1 amide bonds. The molecule has 2 heterocycles. The fourth-order valence-corrected chi connectivity index (χ4v) is 4.00. The zero-order valence-electron chi connectivity index (χ0n) is 13.3. The number of rotatable bonds is 2. The number of benzene rings is 1. The van der Waals surface area contributed by atoms with Crippen molar-refractivity contribution in [2.75, 3.05) is 13.1 Å². The zero-order chi connectivity index (χ0) is 15.7. The Bertz CT molecular complexity index is 532. The number of alkyl halides is 1. The first kappa shape index (κ1) is 18.7. The number of nitrogens with zero attached hydrogens (tertiary/aromatic N) is 1. The summed E-state index contributed by atoms with van der Waals surface area (Å²) in [6.07, 6.45) is 0. The molecule has 0 saturated carbocycles. The quantitative estimate of drug-likeness (QED) is 0.657. The van der Waals surface area contributed by atoms with Crippen molar-refractivity contribution in [1.29, 1.82) is 0 Å². The van der Waals surface area contributed by atoms with Gasteiger partial charge in [-0.3, -0.25) is 4.79 Å². The minimum absolute atomic E-state index is 0. The zero-order valence-corrected chi connectivity index (χ0v) is 15.7. The van der Waals surface area contributed by atoms with Crippen LogP contribution in [0.5, 0.6) is 0 Å². The van der Waals surface area contributed by atoms with Crippen molar-refractivity contribution >= 4 is 34.2 Å². The molecule has 0 bridgehead atoms. The summed E-state index contributed by atoms with van der Waals surface area (Å²) in [5, 5.41) is 3.41. The number of amides is 1. The number of piperazine rings is 1. The summed E-state index contributed by atoms with van der Waals surface area (Å²) < 4.78 is 0. The van der Waals surface area contributed by atoms with Crippen LogP contribution in [0.2, 0.25) is 0 Å². The molecule has 0 aliphatic carbocycles. The minimum atomic E-state index is -0.252. The van der Waals surface area contributed by atoms with Gasteiger partial charge in [0.15, 0.2) is 0 Å². The van der Waals surface area contributed by atoms with Crippen LogP contribution in [-0.4, -0.2) is 46.8 Å². The maximum atomic E-state index is 12.9. The van der Waals surface area contributed by atoms with Gasteiger partial charge in [0, 0.05) is 25.2 Å². The third-order valence-electron chi connectivity index (χ3n) is 4.77. The molecule has 0 radical (unpaired) electrons. The Hall–Kier alpha value is -0.660. The summed E-state index contributed by atoms with van der Waals surface area (Å²) in [6.45, 7) is 5.85. The standard InChI is InChI=1S/C16H23BrN4O.ClH/c1-10-11(2)21(9-8-18-10)16(22)15-13(17)14(19-20-15)12-6-4-3-5-7-12;/h3-7,10-11,13-15,18-20H,8-9H2,1-2H3;1H. The summed E-state index contributed by atoms with van der Waals surface area (Å²) >= 11 is 3.72. The molecule has 1 aromatic carbocycles. The van der Waals surface area contributed by atoms with E-state index in [0.717, 1.165) is 13.1 Å². The molecule has 2 aliphatic rings. The maximum Gasteiger partial charge on any atom is 0.242 e. The SMILES string of the molecule is CC1NCCN(C(=O)C2NNC(c3ccccc3)C2Br)C1C.Cl. The summed E-state index contributed by atoms with van der Waals surface area (Å²) in [5.41, 5.74) is 7.61. The van der Waals surface area contributed by atoms with Crippen molar-refractivity contribution in [3.8, 4) is 0 Å². The number of halogens is 2. The van der Waals surface area contributed by atoms with E-state index in [0.29, 0.717) is 6.04 Å². The average Bonchev–Trinajstić information content (AvgIpc) is 2.92. The van der Waals surface area contributed by atoms with Gasteiger partial charge in [0.2, 0.25) is 5.91 Å². The lowest BCUT2D eigenvalue weighted by Crippen LogP contribution is -2.61. The van der Waals surface area contributed by atoms with E-state index < -0.39 is 0 Å². The van der Waals surface area contributed by atoms with Gasteiger partial charge < -0.3 is 10.2 Å². The smallest absolute Gasteiger partial charge is 0.242 e. The Labute approximate surface area is 152 Å². The predicted molar refractivity (Wildman–Crippen MR) is 97.8 cm³/mol. The Morgan fingerprint density at radius 2 is 1.91 bits per heavy atom. The highest BCUT2D eigenvalue weighted by molar-refractivity contribution is 9.09. The van der Waals surface area contributed by atoms with Gasteiger partial charge in [0.1, 0.15) is 6.04 Å². The van der Waals surface area contributed by atoms with E-state index >= 15 is 0 Å². The predicted octanol–water partition coefficient (Wildman–Crippen LogP) is 1.60. The van der Waals surface area contributed by atoms with E-state index in [4.69, 9.17) is 0 Å². The molecule has 0 aromatic heterocycles. The Kier molecular flexibility index (Phi) is 6.45. The summed E-state index contributed by atoms with van der Waals surface area (Å²) in [7, 11) is 0. The van der Waals surface area contributed by atoms with Crippen molar-refractivity contribution in [2.45, 2.75) is 42.8 Å². The van der Waals surface area contributed by atoms with Gasteiger partial charge in [0.25, 0.3) is 0 Å². The van der Waals surface area contributed by atoms with Crippen LogP contribution < -0.4 is 16.2 Å². The molecule has 5 nitrogen and oxygen atoms in total. The van der Waals surface area contributed by atoms with E-state index in [-0.39, 0.29) is 41.3 Å². The minimum Gasteiger partial charge on any atom is -0.336 e. The highest BCUT2D eigenvalue weighted by Gasteiger charge is 2.42. The van der Waals surface area contributed by atoms with Gasteiger partial charge >= 0.3 is 0 Å². The van der Waals surface area contributed by atoms with Gasteiger partial charge in [-0.25, -0.2) is 10.9 Å². The van der Waals surface area contributed by atoms with E-state index in [9.17, 15) is 4.79 Å². The van der Waals surface area contributed by atoms with Gasteiger partial charge in [-0.15, -0.1) is 12.4 Å². The number of nitrogens with one attached hydrogen (secondary N) is 3. The molecule has 2 fully saturated rings. The summed E-state index contributed by atoms with van der Waals surface area (Å²) in [4.78, 5) is 14.9. The first-order chi connectivity index (χ1) is 10.6. The highest BCUT2D eigenvalue weighted by atomic mass is 79.9. The van der Waals surface area contributed by atoms with Crippen LogP contribution in [0.4, 0.5) is 0 Å². The number of hydrogen-bond donors (Lipinski definition) is 3. The van der Waals surface area contributed by atoms with E-state index in [1.165, 1.54) is 5.56 Å². The van der Waals surface area contributed by atoms with Gasteiger partial charge in [-0.2, -0.15) is 0 Å². The van der Waals surface area contributed by atoms with E-state index in [1.807, 2.05) is 23.1 Å². The molecule has 2 saturated heterocycles. The third-order valence-corrected chi connectivity index (χ3v) is 5.83. The van der Waals surface area contributed by atoms with Crippen LogP contribution in [0.1, 0.15) is 25.5 Å². The van der Waals surface area contributed by atoms with Gasteiger partial charge in [0.05, 0.1) is 10.9 Å². The molecule has 0 spiro atoms. The molecule has 2 aliphatic heterocycles. The summed E-state index contributed by atoms with van der Waals surface area (Å²) in [6, 6.07) is 10.6. The van der Waals surface area contributed by atoms with E-state index in [1.54, 1.807) is 0 Å². The third kappa shape index (κ3) is 3.72. The number of carbonyl (C=O) groups is 1. The number of hydrazine groups is 1. The monoisotopic (exact) mass is 402 g/mol. The second-order valence-electron chi connectivity index (χ2n) is 6.11. The van der Waals surface area contributed by atoms with Crippen molar-refractivity contribution in [1.82, 2.24) is 21.1 Å². The van der Waals surface area contributed by atoms with Crippen molar-refractivity contribution < 1.29 is 4.79 Å². The molecule has 5 unspecified atom stereocenters. The Morgan fingerprint density at radius 3 is 2.61 bits per heavy atom.